The predicted molar refractivity (Wildman–Crippen MR) is 116 cm³/mol. The molecule has 174 valence electrons. The van der Waals surface area contributed by atoms with Crippen molar-refractivity contribution in [3.05, 3.63) is 67.9 Å². The number of nitriles is 1. The third-order valence-electron chi connectivity index (χ3n) is 5.24. The van der Waals surface area contributed by atoms with Gasteiger partial charge in [-0.1, -0.05) is 40.9 Å². The summed E-state index contributed by atoms with van der Waals surface area (Å²) < 4.78 is 63.4. The van der Waals surface area contributed by atoms with Crippen molar-refractivity contribution in [2.45, 2.75) is 31.5 Å². The van der Waals surface area contributed by atoms with Crippen LogP contribution in [-0.4, -0.2) is 30.5 Å². The lowest BCUT2D eigenvalue weighted by molar-refractivity contribution is -0.202. The number of nitrogens with zero attached hydrogens (tertiary/aromatic N) is 2. The zero-order chi connectivity index (χ0) is 24.7. The first-order valence-electron chi connectivity index (χ1n) is 9.50. The van der Waals surface area contributed by atoms with Crippen molar-refractivity contribution < 1.29 is 27.1 Å². The number of carbonyl (C=O) groups excluding carboxylic acids is 1. The molecule has 0 amide bonds. The summed E-state index contributed by atoms with van der Waals surface area (Å²) in [6.45, 7) is 2.08. The van der Waals surface area contributed by atoms with E-state index in [0.717, 1.165) is 30.3 Å². The van der Waals surface area contributed by atoms with Gasteiger partial charge in [-0.2, -0.15) is 18.4 Å². The van der Waals surface area contributed by atoms with Crippen molar-refractivity contribution >= 4 is 46.5 Å². The standard InChI is InChI=1S/C22H15Cl3F4N2O2/c1-10(2)33-20(32)17-19(11-3-4-16(26)12(5-11)8-30)31-9-21(17,22(27,28)29)13-6-14(23)18(25)15(24)7-13/h3-7,10,17H,9H2,1-2H3. The number of alkyl halides is 3. The number of ether oxygens (including phenoxy) is 1. The summed E-state index contributed by atoms with van der Waals surface area (Å²) in [6, 6.07) is 6.71. The number of hydrogen-bond donors (Lipinski definition) is 0. The fourth-order valence-corrected chi connectivity index (χ4v) is 4.35. The van der Waals surface area contributed by atoms with E-state index in [1.807, 2.05) is 0 Å². The first-order valence-corrected chi connectivity index (χ1v) is 10.6. The fourth-order valence-electron chi connectivity index (χ4n) is 3.76. The van der Waals surface area contributed by atoms with E-state index in [0.29, 0.717) is 0 Å². The molecular formula is C22H15Cl3F4N2O2. The zero-order valence-electron chi connectivity index (χ0n) is 17.1. The van der Waals surface area contributed by atoms with Crippen LogP contribution in [-0.2, 0) is 14.9 Å². The molecule has 1 aliphatic heterocycles. The number of benzene rings is 2. The number of esters is 1. The van der Waals surface area contributed by atoms with Crippen LogP contribution in [0, 0.1) is 23.1 Å². The summed E-state index contributed by atoms with van der Waals surface area (Å²) in [5.41, 5.74) is -4.05. The maximum absolute atomic E-state index is 14.8. The average Bonchev–Trinajstić information content (AvgIpc) is 3.13. The van der Waals surface area contributed by atoms with Crippen molar-refractivity contribution in [1.82, 2.24) is 0 Å². The minimum atomic E-state index is -5.02. The van der Waals surface area contributed by atoms with E-state index in [-0.39, 0.29) is 26.3 Å². The number of aliphatic imine (C=N–C) groups is 1. The molecule has 1 aliphatic rings. The molecule has 2 unspecified atom stereocenters. The van der Waals surface area contributed by atoms with E-state index >= 15 is 0 Å². The number of halogens is 7. The highest BCUT2D eigenvalue weighted by Crippen LogP contribution is 2.53. The Balaban J connectivity index is 2.30. The predicted octanol–water partition coefficient (Wildman–Crippen LogP) is 6.53. The molecular weight excluding hydrogens is 507 g/mol. The summed E-state index contributed by atoms with van der Waals surface area (Å²) in [5, 5.41) is 8.52. The van der Waals surface area contributed by atoms with Crippen LogP contribution in [0.5, 0.6) is 0 Å². The summed E-state index contributed by atoms with van der Waals surface area (Å²) >= 11 is 18.0. The number of rotatable bonds is 4. The summed E-state index contributed by atoms with van der Waals surface area (Å²) in [6.07, 6.45) is -5.75. The van der Waals surface area contributed by atoms with Crippen LogP contribution in [0.3, 0.4) is 0 Å². The normalized spacial score (nSPS) is 20.5. The lowest BCUT2D eigenvalue weighted by Crippen LogP contribution is -2.53. The van der Waals surface area contributed by atoms with Crippen molar-refractivity contribution in [2.75, 3.05) is 6.54 Å². The minimum absolute atomic E-state index is 0.0176. The molecule has 33 heavy (non-hydrogen) atoms. The Morgan fingerprint density at radius 1 is 1.21 bits per heavy atom. The molecule has 0 N–H and O–H groups in total. The molecule has 2 aromatic rings. The zero-order valence-corrected chi connectivity index (χ0v) is 19.4. The van der Waals surface area contributed by atoms with Crippen LogP contribution in [0.25, 0.3) is 0 Å². The largest absolute Gasteiger partial charge is 0.462 e. The molecule has 0 saturated heterocycles. The molecule has 4 nitrogen and oxygen atoms in total. The van der Waals surface area contributed by atoms with E-state index < -0.39 is 53.1 Å². The molecule has 0 saturated carbocycles. The van der Waals surface area contributed by atoms with Gasteiger partial charge in [0.05, 0.1) is 39.0 Å². The molecule has 0 aliphatic carbocycles. The second kappa shape index (κ2) is 9.13. The van der Waals surface area contributed by atoms with Crippen LogP contribution in [0.4, 0.5) is 17.6 Å². The molecule has 0 fully saturated rings. The number of hydrogen-bond acceptors (Lipinski definition) is 4. The summed E-state index contributed by atoms with van der Waals surface area (Å²) in [4.78, 5) is 17.1. The van der Waals surface area contributed by atoms with E-state index in [1.54, 1.807) is 6.07 Å². The van der Waals surface area contributed by atoms with Gasteiger partial charge in [0.2, 0.25) is 0 Å². The summed E-state index contributed by atoms with van der Waals surface area (Å²) in [7, 11) is 0. The summed E-state index contributed by atoms with van der Waals surface area (Å²) in [5.74, 6) is -4.03. The van der Waals surface area contributed by atoms with Gasteiger partial charge in [-0.15, -0.1) is 0 Å². The van der Waals surface area contributed by atoms with Gasteiger partial charge in [-0.05, 0) is 49.2 Å². The second-order valence-electron chi connectivity index (χ2n) is 7.65. The van der Waals surface area contributed by atoms with Gasteiger partial charge in [-0.25, -0.2) is 4.39 Å². The molecule has 2 aromatic carbocycles. The van der Waals surface area contributed by atoms with Crippen molar-refractivity contribution in [2.24, 2.45) is 10.9 Å². The van der Waals surface area contributed by atoms with E-state index in [9.17, 15) is 22.4 Å². The van der Waals surface area contributed by atoms with Gasteiger partial charge < -0.3 is 4.74 Å². The van der Waals surface area contributed by atoms with Crippen LogP contribution in [0.15, 0.2) is 35.3 Å². The lowest BCUT2D eigenvalue weighted by atomic mass is 9.68. The molecule has 0 spiro atoms. The van der Waals surface area contributed by atoms with Crippen LogP contribution in [0.2, 0.25) is 15.1 Å². The van der Waals surface area contributed by atoms with Crippen molar-refractivity contribution in [3.63, 3.8) is 0 Å². The Hall–Kier alpha value is -2.34. The Kier molecular flexibility index (Phi) is 6.99. The highest BCUT2D eigenvalue weighted by molar-refractivity contribution is 6.48. The van der Waals surface area contributed by atoms with Gasteiger partial charge in [-0.3, -0.25) is 9.79 Å². The Morgan fingerprint density at radius 2 is 1.82 bits per heavy atom. The first kappa shape index (κ1) is 25.3. The SMILES string of the molecule is CC(C)OC(=O)C1C(c2ccc(F)c(C#N)c2)=NCC1(c1cc(Cl)c(Cl)c(Cl)c1)C(F)(F)F. The van der Waals surface area contributed by atoms with E-state index in [2.05, 4.69) is 4.99 Å². The molecule has 2 atom stereocenters. The second-order valence-corrected chi connectivity index (χ2v) is 8.84. The first-order chi connectivity index (χ1) is 15.3. The highest BCUT2D eigenvalue weighted by atomic mass is 35.5. The Labute approximate surface area is 201 Å². The molecule has 0 radical (unpaired) electrons. The smallest absolute Gasteiger partial charge is 0.401 e. The molecule has 1 heterocycles. The third-order valence-corrected chi connectivity index (χ3v) is 6.44. The Morgan fingerprint density at radius 3 is 2.33 bits per heavy atom. The van der Waals surface area contributed by atoms with Crippen LogP contribution >= 0.6 is 34.8 Å². The Bertz CT molecular complexity index is 1170. The van der Waals surface area contributed by atoms with Gasteiger partial charge in [0, 0.05) is 0 Å². The van der Waals surface area contributed by atoms with E-state index in [4.69, 9.17) is 44.8 Å². The molecule has 3 rings (SSSR count). The highest BCUT2D eigenvalue weighted by Gasteiger charge is 2.67. The van der Waals surface area contributed by atoms with Gasteiger partial charge in [0.25, 0.3) is 0 Å². The minimum Gasteiger partial charge on any atom is -0.462 e. The van der Waals surface area contributed by atoms with Crippen LogP contribution < -0.4 is 0 Å². The monoisotopic (exact) mass is 520 g/mol. The molecule has 0 bridgehead atoms. The van der Waals surface area contributed by atoms with Gasteiger partial charge in [0.15, 0.2) is 0 Å². The third kappa shape index (κ3) is 4.42. The van der Waals surface area contributed by atoms with Crippen molar-refractivity contribution in [1.29, 1.82) is 5.26 Å². The lowest BCUT2D eigenvalue weighted by Gasteiger charge is -2.37. The topological polar surface area (TPSA) is 62.5 Å². The van der Waals surface area contributed by atoms with E-state index in [1.165, 1.54) is 13.8 Å². The van der Waals surface area contributed by atoms with Gasteiger partial charge >= 0.3 is 12.1 Å². The fraction of sp³-hybridized carbons (Fsp3) is 0.318. The van der Waals surface area contributed by atoms with Crippen molar-refractivity contribution in [3.8, 4) is 6.07 Å². The van der Waals surface area contributed by atoms with Crippen LogP contribution in [0.1, 0.15) is 30.5 Å². The number of carbonyl (C=O) groups is 1. The maximum atomic E-state index is 14.8. The average molecular weight is 522 g/mol. The van der Waals surface area contributed by atoms with Gasteiger partial charge in [0.1, 0.15) is 23.2 Å². The maximum Gasteiger partial charge on any atom is 0.401 e. The quantitative estimate of drug-likeness (QED) is 0.261. The molecule has 11 heteroatoms. The molecule has 0 aromatic heterocycles.